The van der Waals surface area contributed by atoms with E-state index in [-0.39, 0.29) is 12.4 Å². The Morgan fingerprint density at radius 3 is 2.70 bits per heavy atom. The van der Waals surface area contributed by atoms with Gasteiger partial charge in [-0.05, 0) is 78.7 Å². The molecule has 0 unspecified atom stereocenters. The molecule has 5 aromatic rings. The Labute approximate surface area is 212 Å². The minimum absolute atomic E-state index is 0.276. The fourth-order valence-electron chi connectivity index (χ4n) is 4.28. The van der Waals surface area contributed by atoms with E-state index in [4.69, 9.17) is 18.6 Å². The van der Waals surface area contributed by atoms with Gasteiger partial charge in [0.2, 0.25) is 6.29 Å². The lowest BCUT2D eigenvalue weighted by atomic mass is 10.1. The smallest absolute Gasteiger partial charge is 0.217 e. The molecule has 1 N–H and O–H groups in total. The van der Waals surface area contributed by atoms with Gasteiger partial charge in [-0.1, -0.05) is 12.1 Å². The highest BCUT2D eigenvalue weighted by atomic mass is 19.1. The van der Waals surface area contributed by atoms with E-state index in [0.29, 0.717) is 30.6 Å². The number of furan rings is 1. The molecule has 0 spiro atoms. The van der Waals surface area contributed by atoms with Crippen LogP contribution < -0.4 is 10.1 Å². The van der Waals surface area contributed by atoms with Crippen molar-refractivity contribution in [3.05, 3.63) is 102 Å². The quantitative estimate of drug-likeness (QED) is 0.268. The Kier molecular flexibility index (Phi) is 6.26. The van der Waals surface area contributed by atoms with Crippen molar-refractivity contribution in [2.45, 2.75) is 19.8 Å². The fraction of sp³-hybridized carbons (Fsp3) is 0.172. The zero-order valence-electron chi connectivity index (χ0n) is 20.1. The lowest BCUT2D eigenvalue weighted by Crippen LogP contribution is -1.99. The van der Waals surface area contributed by atoms with Crippen LogP contribution >= 0.6 is 0 Å². The summed E-state index contributed by atoms with van der Waals surface area (Å²) in [7, 11) is 0. The number of fused-ring (bicyclic) bond motifs is 1. The maximum absolute atomic E-state index is 13.4. The Morgan fingerprint density at radius 2 is 1.86 bits per heavy atom. The van der Waals surface area contributed by atoms with Crippen LogP contribution in [0.5, 0.6) is 5.75 Å². The first-order valence-corrected chi connectivity index (χ1v) is 12.0. The van der Waals surface area contributed by atoms with Gasteiger partial charge in [-0.2, -0.15) is 0 Å². The van der Waals surface area contributed by atoms with Crippen LogP contribution in [0, 0.1) is 12.7 Å². The number of ether oxygens (including phenoxy) is 3. The van der Waals surface area contributed by atoms with Gasteiger partial charge in [-0.3, -0.25) is 0 Å². The van der Waals surface area contributed by atoms with Gasteiger partial charge in [0, 0.05) is 16.6 Å². The first-order chi connectivity index (χ1) is 18.1. The summed E-state index contributed by atoms with van der Waals surface area (Å²) in [6.45, 7) is 3.37. The van der Waals surface area contributed by atoms with Crippen molar-refractivity contribution in [2.75, 3.05) is 18.5 Å². The summed E-state index contributed by atoms with van der Waals surface area (Å²) in [5, 5.41) is 4.25. The van der Waals surface area contributed by atoms with E-state index in [1.807, 2.05) is 61.5 Å². The van der Waals surface area contributed by atoms with E-state index < -0.39 is 6.29 Å². The number of hydrogen-bond donors (Lipinski definition) is 1. The molecule has 8 heteroatoms. The summed E-state index contributed by atoms with van der Waals surface area (Å²) >= 11 is 0. The van der Waals surface area contributed by atoms with Crippen molar-refractivity contribution in [1.82, 2.24) is 9.97 Å². The maximum Gasteiger partial charge on any atom is 0.217 e. The lowest BCUT2D eigenvalue weighted by Gasteiger charge is -2.13. The molecule has 3 heterocycles. The highest BCUT2D eigenvalue weighted by Crippen LogP contribution is 2.33. The molecule has 0 atom stereocenters. The molecular formula is C29H24FN3O4. The molecule has 1 saturated heterocycles. The predicted molar refractivity (Wildman–Crippen MR) is 137 cm³/mol. The number of anilines is 2. The molecule has 1 aliphatic rings. The van der Waals surface area contributed by atoms with Crippen LogP contribution in [-0.2, 0) is 16.1 Å². The predicted octanol–water partition coefficient (Wildman–Crippen LogP) is 6.71. The average molecular weight is 498 g/mol. The van der Waals surface area contributed by atoms with E-state index in [0.717, 1.165) is 39.0 Å². The van der Waals surface area contributed by atoms with Crippen LogP contribution in [0.4, 0.5) is 15.9 Å². The normalized spacial score (nSPS) is 13.8. The van der Waals surface area contributed by atoms with E-state index in [2.05, 4.69) is 15.3 Å². The van der Waals surface area contributed by atoms with E-state index in [1.165, 1.54) is 18.5 Å². The van der Waals surface area contributed by atoms with Crippen LogP contribution in [0.15, 0.2) is 83.5 Å². The van der Waals surface area contributed by atoms with Gasteiger partial charge in [0.1, 0.15) is 36.1 Å². The molecule has 1 aliphatic heterocycles. The molecule has 0 aliphatic carbocycles. The highest BCUT2D eigenvalue weighted by Gasteiger charge is 2.22. The summed E-state index contributed by atoms with van der Waals surface area (Å²) in [5.41, 5.74) is 4.28. The number of nitrogens with zero attached hydrogens (tertiary/aromatic N) is 2. The highest BCUT2D eigenvalue weighted by molar-refractivity contribution is 5.93. The monoisotopic (exact) mass is 497 g/mol. The van der Waals surface area contributed by atoms with Gasteiger partial charge >= 0.3 is 0 Å². The Bertz CT molecular complexity index is 1560. The molecular weight excluding hydrogens is 473 g/mol. The van der Waals surface area contributed by atoms with Gasteiger partial charge in [-0.15, -0.1) is 0 Å². The zero-order chi connectivity index (χ0) is 25.2. The van der Waals surface area contributed by atoms with Crippen LogP contribution in [0.25, 0.3) is 22.2 Å². The lowest BCUT2D eigenvalue weighted by molar-refractivity contribution is -0.0585. The molecule has 3 aromatic carbocycles. The SMILES string of the molecule is Cc1cc(Nc2ncnc3ccc(-c4ccc(C5OCCO5)o4)cc23)ccc1OCc1cccc(F)c1. The average Bonchev–Trinajstić information content (AvgIpc) is 3.61. The first-order valence-electron chi connectivity index (χ1n) is 12.0. The number of aryl methyl sites for hydroxylation is 1. The van der Waals surface area contributed by atoms with Crippen LogP contribution in [-0.4, -0.2) is 23.2 Å². The molecule has 37 heavy (non-hydrogen) atoms. The molecule has 2 aromatic heterocycles. The molecule has 0 radical (unpaired) electrons. The summed E-state index contributed by atoms with van der Waals surface area (Å²) in [5.74, 6) is 2.48. The van der Waals surface area contributed by atoms with E-state index in [9.17, 15) is 4.39 Å². The second-order valence-corrected chi connectivity index (χ2v) is 8.75. The second kappa shape index (κ2) is 10.0. The van der Waals surface area contributed by atoms with Gasteiger partial charge in [0.25, 0.3) is 0 Å². The second-order valence-electron chi connectivity index (χ2n) is 8.75. The summed E-state index contributed by atoms with van der Waals surface area (Å²) < 4.78 is 36.4. The van der Waals surface area contributed by atoms with Gasteiger partial charge < -0.3 is 23.9 Å². The summed E-state index contributed by atoms with van der Waals surface area (Å²) in [6.07, 6.45) is 1.08. The number of aromatic nitrogens is 2. The van der Waals surface area contributed by atoms with Crippen LogP contribution in [0.1, 0.15) is 23.2 Å². The van der Waals surface area contributed by atoms with Crippen molar-refractivity contribution < 1.29 is 23.0 Å². The van der Waals surface area contributed by atoms with Crippen molar-refractivity contribution in [2.24, 2.45) is 0 Å². The van der Waals surface area contributed by atoms with Crippen molar-refractivity contribution >= 4 is 22.4 Å². The standard InChI is InChI=1S/C29H24FN3O4/c1-18-13-22(6-8-25(18)36-16-19-3-2-4-21(30)14-19)33-28-23-15-20(5-7-24(23)31-17-32-28)26-9-10-27(37-26)29-34-11-12-35-29/h2-10,13-15,17,29H,11-12,16H2,1H3,(H,31,32,33). The van der Waals surface area contributed by atoms with E-state index in [1.54, 1.807) is 6.07 Å². The third kappa shape index (κ3) is 5.02. The topological polar surface area (TPSA) is 78.6 Å². The molecule has 6 rings (SSSR count). The number of benzene rings is 3. The minimum Gasteiger partial charge on any atom is -0.489 e. The summed E-state index contributed by atoms with van der Waals surface area (Å²) in [6, 6.07) is 21.9. The first kappa shape index (κ1) is 23.1. The van der Waals surface area contributed by atoms with Crippen molar-refractivity contribution in [3.63, 3.8) is 0 Å². The third-order valence-corrected chi connectivity index (χ3v) is 6.12. The van der Waals surface area contributed by atoms with Crippen molar-refractivity contribution in [1.29, 1.82) is 0 Å². The van der Waals surface area contributed by atoms with E-state index >= 15 is 0 Å². The third-order valence-electron chi connectivity index (χ3n) is 6.12. The molecule has 0 saturated carbocycles. The van der Waals surface area contributed by atoms with Gasteiger partial charge in [-0.25, -0.2) is 14.4 Å². The van der Waals surface area contributed by atoms with Crippen LogP contribution in [0.2, 0.25) is 0 Å². The fourth-order valence-corrected chi connectivity index (χ4v) is 4.28. The Hall–Kier alpha value is -4.27. The number of halogens is 1. The zero-order valence-corrected chi connectivity index (χ0v) is 20.1. The Morgan fingerprint density at radius 1 is 0.973 bits per heavy atom. The van der Waals surface area contributed by atoms with Gasteiger partial charge in [0.05, 0.1) is 18.7 Å². The molecule has 0 amide bonds. The molecule has 186 valence electrons. The molecule has 7 nitrogen and oxygen atoms in total. The molecule has 1 fully saturated rings. The summed E-state index contributed by atoms with van der Waals surface area (Å²) in [4.78, 5) is 8.89. The minimum atomic E-state index is -0.459. The Balaban J connectivity index is 1.22. The number of hydrogen-bond acceptors (Lipinski definition) is 7. The van der Waals surface area contributed by atoms with Gasteiger partial charge in [0.15, 0.2) is 5.76 Å². The largest absolute Gasteiger partial charge is 0.489 e. The molecule has 0 bridgehead atoms. The number of nitrogens with one attached hydrogen (secondary N) is 1. The number of rotatable bonds is 7. The maximum atomic E-state index is 13.4. The van der Waals surface area contributed by atoms with Crippen molar-refractivity contribution in [3.8, 4) is 17.1 Å². The van der Waals surface area contributed by atoms with Crippen LogP contribution in [0.3, 0.4) is 0 Å².